The van der Waals surface area contributed by atoms with Crippen LogP contribution in [0, 0.1) is 11.6 Å². The second kappa shape index (κ2) is 5.63. The number of nitrogens with one attached hydrogen (secondary N) is 1. The van der Waals surface area contributed by atoms with Gasteiger partial charge < -0.3 is 15.3 Å². The SMILES string of the molecule is CN1CCC(NCc2cc(F)c(O)c(F)c2)CC1. The molecule has 1 aromatic carbocycles. The van der Waals surface area contributed by atoms with E-state index in [0.717, 1.165) is 25.9 Å². The van der Waals surface area contributed by atoms with Crippen molar-refractivity contribution in [3.05, 3.63) is 29.3 Å². The normalized spacial score (nSPS) is 18.2. The minimum absolute atomic E-state index is 0.390. The Morgan fingerprint density at radius 1 is 1.28 bits per heavy atom. The van der Waals surface area contributed by atoms with Gasteiger partial charge in [0.15, 0.2) is 17.4 Å². The lowest BCUT2D eigenvalue weighted by Gasteiger charge is -2.29. The average Bonchev–Trinajstić information content (AvgIpc) is 2.35. The van der Waals surface area contributed by atoms with E-state index in [1.165, 1.54) is 12.1 Å². The summed E-state index contributed by atoms with van der Waals surface area (Å²) in [4.78, 5) is 2.26. The number of benzene rings is 1. The minimum atomic E-state index is -0.907. The predicted octanol–water partition coefficient (Wildman–Crippen LogP) is 1.85. The van der Waals surface area contributed by atoms with Gasteiger partial charge in [-0.2, -0.15) is 0 Å². The molecule has 0 spiro atoms. The van der Waals surface area contributed by atoms with Gasteiger partial charge in [-0.15, -0.1) is 0 Å². The van der Waals surface area contributed by atoms with Gasteiger partial charge in [0, 0.05) is 12.6 Å². The number of phenolic OH excluding ortho intramolecular Hbond substituents is 1. The van der Waals surface area contributed by atoms with Crippen molar-refractivity contribution in [1.29, 1.82) is 0 Å². The first-order valence-electron chi connectivity index (χ1n) is 6.15. The lowest BCUT2D eigenvalue weighted by Crippen LogP contribution is -2.40. The van der Waals surface area contributed by atoms with Crippen LogP contribution in [0.2, 0.25) is 0 Å². The van der Waals surface area contributed by atoms with Gasteiger partial charge in [-0.05, 0) is 50.7 Å². The van der Waals surface area contributed by atoms with E-state index in [1.54, 1.807) is 0 Å². The Bertz CT molecular complexity index is 394. The van der Waals surface area contributed by atoms with Crippen molar-refractivity contribution >= 4 is 0 Å². The molecule has 0 radical (unpaired) electrons. The summed E-state index contributed by atoms with van der Waals surface area (Å²) in [7, 11) is 2.08. The largest absolute Gasteiger partial charge is 0.503 e. The molecule has 2 N–H and O–H groups in total. The molecule has 18 heavy (non-hydrogen) atoms. The molecule has 0 aromatic heterocycles. The summed E-state index contributed by atoms with van der Waals surface area (Å²) < 4.78 is 26.3. The van der Waals surface area contributed by atoms with E-state index < -0.39 is 17.4 Å². The third-order valence-corrected chi connectivity index (χ3v) is 3.39. The molecule has 1 aromatic rings. The number of piperidine rings is 1. The maximum absolute atomic E-state index is 13.1. The van der Waals surface area contributed by atoms with Gasteiger partial charge in [-0.1, -0.05) is 0 Å². The third-order valence-electron chi connectivity index (χ3n) is 3.39. The summed E-state index contributed by atoms with van der Waals surface area (Å²) in [5.41, 5.74) is 0.515. The summed E-state index contributed by atoms with van der Waals surface area (Å²) in [6, 6.07) is 2.72. The van der Waals surface area contributed by atoms with Crippen LogP contribution < -0.4 is 5.32 Å². The van der Waals surface area contributed by atoms with Crippen LogP contribution >= 0.6 is 0 Å². The number of aromatic hydroxyl groups is 1. The van der Waals surface area contributed by atoms with Crippen molar-refractivity contribution < 1.29 is 13.9 Å². The molecule has 100 valence electrons. The highest BCUT2D eigenvalue weighted by Crippen LogP contribution is 2.21. The van der Waals surface area contributed by atoms with Crippen LogP contribution in [0.25, 0.3) is 0 Å². The zero-order valence-corrected chi connectivity index (χ0v) is 10.4. The maximum Gasteiger partial charge on any atom is 0.187 e. The molecule has 5 heteroatoms. The lowest BCUT2D eigenvalue weighted by atomic mass is 10.1. The molecule has 1 aliphatic rings. The summed E-state index contributed by atoms with van der Waals surface area (Å²) in [5.74, 6) is -2.72. The van der Waals surface area contributed by atoms with Crippen LogP contribution in [0.3, 0.4) is 0 Å². The molecular formula is C13H18F2N2O. The first-order chi connectivity index (χ1) is 8.56. The minimum Gasteiger partial charge on any atom is -0.503 e. The zero-order valence-electron chi connectivity index (χ0n) is 10.4. The van der Waals surface area contributed by atoms with Crippen LogP contribution in [-0.2, 0) is 6.54 Å². The van der Waals surface area contributed by atoms with Crippen molar-refractivity contribution in [2.45, 2.75) is 25.4 Å². The second-order valence-corrected chi connectivity index (χ2v) is 4.87. The van der Waals surface area contributed by atoms with Crippen LogP contribution in [0.15, 0.2) is 12.1 Å². The number of likely N-dealkylation sites (tertiary alicyclic amines) is 1. The van der Waals surface area contributed by atoms with Crippen molar-refractivity contribution in [3.8, 4) is 5.75 Å². The Morgan fingerprint density at radius 3 is 2.39 bits per heavy atom. The molecule has 0 amide bonds. The number of hydrogen-bond acceptors (Lipinski definition) is 3. The second-order valence-electron chi connectivity index (χ2n) is 4.87. The predicted molar refractivity (Wildman–Crippen MR) is 65.4 cm³/mol. The van der Waals surface area contributed by atoms with E-state index in [4.69, 9.17) is 5.11 Å². The van der Waals surface area contributed by atoms with E-state index in [0.29, 0.717) is 18.2 Å². The third kappa shape index (κ3) is 3.17. The Hall–Kier alpha value is -1.20. The van der Waals surface area contributed by atoms with Gasteiger partial charge in [0.25, 0.3) is 0 Å². The van der Waals surface area contributed by atoms with Gasteiger partial charge in [-0.25, -0.2) is 8.78 Å². The molecule has 3 nitrogen and oxygen atoms in total. The molecule has 0 unspecified atom stereocenters. The lowest BCUT2D eigenvalue weighted by molar-refractivity contribution is 0.234. The van der Waals surface area contributed by atoms with E-state index >= 15 is 0 Å². The molecule has 0 saturated carbocycles. The van der Waals surface area contributed by atoms with Gasteiger partial charge >= 0.3 is 0 Å². The molecule has 1 heterocycles. The molecule has 0 atom stereocenters. The van der Waals surface area contributed by atoms with Gasteiger partial charge in [0.05, 0.1) is 0 Å². The molecular weight excluding hydrogens is 238 g/mol. The average molecular weight is 256 g/mol. The highest BCUT2D eigenvalue weighted by atomic mass is 19.1. The Kier molecular flexibility index (Phi) is 4.14. The summed E-state index contributed by atoms with van der Waals surface area (Å²) in [6.45, 7) is 2.49. The number of nitrogens with zero attached hydrogens (tertiary/aromatic N) is 1. The van der Waals surface area contributed by atoms with Crippen molar-refractivity contribution in [3.63, 3.8) is 0 Å². The Labute approximate surface area is 105 Å². The molecule has 1 aliphatic heterocycles. The smallest absolute Gasteiger partial charge is 0.187 e. The molecule has 1 saturated heterocycles. The first-order valence-corrected chi connectivity index (χ1v) is 6.15. The Balaban J connectivity index is 1.90. The van der Waals surface area contributed by atoms with Gasteiger partial charge in [-0.3, -0.25) is 0 Å². The highest BCUT2D eigenvalue weighted by molar-refractivity contribution is 5.29. The van der Waals surface area contributed by atoms with E-state index in [1.807, 2.05) is 0 Å². The van der Waals surface area contributed by atoms with Crippen LogP contribution in [-0.4, -0.2) is 36.2 Å². The molecule has 0 aliphatic carbocycles. The fraction of sp³-hybridized carbons (Fsp3) is 0.538. The standard InChI is InChI=1S/C13H18F2N2O/c1-17-4-2-10(3-5-17)16-8-9-6-11(14)13(18)12(15)7-9/h6-7,10,16,18H,2-5,8H2,1H3. The van der Waals surface area contributed by atoms with E-state index in [2.05, 4.69) is 17.3 Å². The molecule has 0 bridgehead atoms. The van der Waals surface area contributed by atoms with Crippen molar-refractivity contribution in [2.75, 3.05) is 20.1 Å². The van der Waals surface area contributed by atoms with Crippen LogP contribution in [0.1, 0.15) is 18.4 Å². The number of halogens is 2. The molecule has 1 fully saturated rings. The van der Waals surface area contributed by atoms with Gasteiger partial charge in [0.2, 0.25) is 0 Å². The monoisotopic (exact) mass is 256 g/mol. The quantitative estimate of drug-likeness (QED) is 0.866. The zero-order chi connectivity index (χ0) is 13.1. The fourth-order valence-electron chi connectivity index (χ4n) is 2.19. The van der Waals surface area contributed by atoms with Crippen molar-refractivity contribution in [1.82, 2.24) is 10.2 Å². The number of rotatable bonds is 3. The highest BCUT2D eigenvalue weighted by Gasteiger charge is 2.16. The van der Waals surface area contributed by atoms with Gasteiger partial charge in [0.1, 0.15) is 0 Å². The maximum atomic E-state index is 13.1. The summed E-state index contributed by atoms with van der Waals surface area (Å²) in [6.07, 6.45) is 2.08. The molecule has 2 rings (SSSR count). The number of phenols is 1. The summed E-state index contributed by atoms with van der Waals surface area (Å²) >= 11 is 0. The number of hydrogen-bond donors (Lipinski definition) is 2. The topological polar surface area (TPSA) is 35.5 Å². The van der Waals surface area contributed by atoms with Crippen molar-refractivity contribution in [2.24, 2.45) is 0 Å². The van der Waals surface area contributed by atoms with Crippen LogP contribution in [0.4, 0.5) is 8.78 Å². The fourth-order valence-corrected chi connectivity index (χ4v) is 2.19. The van der Waals surface area contributed by atoms with Crippen LogP contribution in [0.5, 0.6) is 5.75 Å². The van der Waals surface area contributed by atoms with E-state index in [-0.39, 0.29) is 0 Å². The summed E-state index contributed by atoms with van der Waals surface area (Å²) in [5, 5.41) is 12.3. The first kappa shape index (κ1) is 13.2. The van der Waals surface area contributed by atoms with E-state index in [9.17, 15) is 8.78 Å². The Morgan fingerprint density at radius 2 is 1.83 bits per heavy atom.